The number of ketones is 1. The molecule has 0 bridgehead atoms. The molecular formula is C22H22NO+. The summed E-state index contributed by atoms with van der Waals surface area (Å²) in [5, 5.41) is 0. The van der Waals surface area contributed by atoms with Gasteiger partial charge in [0.05, 0.1) is 0 Å². The largest absolute Gasteiger partial charge is 0.287 e. The van der Waals surface area contributed by atoms with Gasteiger partial charge in [-0.15, -0.1) is 0 Å². The van der Waals surface area contributed by atoms with Gasteiger partial charge in [0, 0.05) is 23.6 Å². The lowest BCUT2D eigenvalue weighted by Gasteiger charge is -2.09. The molecule has 1 atom stereocenters. The van der Waals surface area contributed by atoms with E-state index in [4.69, 9.17) is 0 Å². The number of aromatic nitrogens is 1. The minimum absolute atomic E-state index is 0.129. The minimum atomic E-state index is -0.217. The number of hydrogen-bond acceptors (Lipinski definition) is 1. The van der Waals surface area contributed by atoms with Crippen LogP contribution >= 0.6 is 0 Å². The lowest BCUT2D eigenvalue weighted by Crippen LogP contribution is -2.42. The van der Waals surface area contributed by atoms with Gasteiger partial charge in [-0.3, -0.25) is 4.79 Å². The van der Waals surface area contributed by atoms with Gasteiger partial charge in [-0.2, -0.15) is 4.57 Å². The van der Waals surface area contributed by atoms with E-state index in [0.717, 1.165) is 27.8 Å². The molecule has 0 saturated carbocycles. The number of hydrogen-bond donors (Lipinski definition) is 0. The maximum absolute atomic E-state index is 12.8. The Morgan fingerprint density at radius 2 is 1.38 bits per heavy atom. The van der Waals surface area contributed by atoms with E-state index in [2.05, 4.69) is 32.0 Å². The topological polar surface area (TPSA) is 20.9 Å². The molecule has 0 aliphatic rings. The highest BCUT2D eigenvalue weighted by atomic mass is 16.1. The van der Waals surface area contributed by atoms with Crippen LogP contribution in [0.4, 0.5) is 0 Å². The normalized spacial score (nSPS) is 12.0. The number of rotatable bonds is 4. The van der Waals surface area contributed by atoms with Crippen molar-refractivity contribution >= 4 is 5.78 Å². The summed E-state index contributed by atoms with van der Waals surface area (Å²) in [4.78, 5) is 12.8. The molecule has 0 aliphatic heterocycles. The summed E-state index contributed by atoms with van der Waals surface area (Å²) in [7, 11) is 0. The van der Waals surface area contributed by atoms with E-state index in [-0.39, 0.29) is 11.8 Å². The number of nitrogens with zero attached hydrogens (tertiary/aromatic N) is 1. The molecule has 0 aliphatic carbocycles. The zero-order valence-electron chi connectivity index (χ0n) is 14.4. The molecule has 0 saturated heterocycles. The van der Waals surface area contributed by atoms with Crippen molar-refractivity contribution in [2.75, 3.05) is 0 Å². The van der Waals surface area contributed by atoms with Crippen molar-refractivity contribution in [3.8, 4) is 11.1 Å². The fourth-order valence-corrected chi connectivity index (χ4v) is 3.00. The number of benzene rings is 2. The smallest absolute Gasteiger partial charge is 0.230 e. The standard InChI is InChI=1S/C22H22NO/c1-16-13-17(2)15-23(14-16)18(3)22(24)21-11-9-20(10-12-21)19-7-5-4-6-8-19/h4-15,18H,1-3H3/q+1. The molecule has 120 valence electrons. The Morgan fingerprint density at radius 3 is 1.96 bits per heavy atom. The first kappa shape index (κ1) is 16.1. The molecule has 24 heavy (non-hydrogen) atoms. The van der Waals surface area contributed by atoms with E-state index in [9.17, 15) is 4.79 Å². The van der Waals surface area contributed by atoms with Crippen LogP contribution in [0.1, 0.15) is 34.5 Å². The van der Waals surface area contributed by atoms with Gasteiger partial charge in [-0.1, -0.05) is 54.6 Å². The molecule has 2 aromatic carbocycles. The van der Waals surface area contributed by atoms with Crippen molar-refractivity contribution in [2.24, 2.45) is 0 Å². The Bertz CT molecular complexity index is 831. The Hall–Kier alpha value is -2.74. The molecule has 0 spiro atoms. The molecule has 3 rings (SSSR count). The van der Waals surface area contributed by atoms with Crippen molar-refractivity contribution < 1.29 is 9.36 Å². The van der Waals surface area contributed by atoms with Gasteiger partial charge in [0.25, 0.3) is 0 Å². The van der Waals surface area contributed by atoms with E-state index < -0.39 is 0 Å². The van der Waals surface area contributed by atoms with E-state index in [1.165, 1.54) is 0 Å². The highest BCUT2D eigenvalue weighted by Crippen LogP contribution is 2.20. The predicted octanol–water partition coefficient (Wildman–Crippen LogP) is 4.70. The number of carbonyl (C=O) groups excluding carboxylic acids is 1. The van der Waals surface area contributed by atoms with E-state index in [1.54, 1.807) is 0 Å². The van der Waals surface area contributed by atoms with Crippen molar-refractivity contribution in [1.29, 1.82) is 0 Å². The van der Waals surface area contributed by atoms with Crippen LogP contribution < -0.4 is 4.57 Å². The summed E-state index contributed by atoms with van der Waals surface area (Å²) in [5.41, 5.74) is 5.35. The number of Topliss-reactive ketones (excluding diaryl/α,β-unsaturated/α-hetero) is 1. The lowest BCUT2D eigenvalue weighted by atomic mass is 10.00. The van der Waals surface area contributed by atoms with E-state index in [1.807, 2.05) is 66.3 Å². The Balaban J connectivity index is 1.84. The molecule has 2 heteroatoms. The second-order valence-electron chi connectivity index (χ2n) is 6.32. The second kappa shape index (κ2) is 6.79. The molecule has 1 unspecified atom stereocenters. The van der Waals surface area contributed by atoms with Crippen LogP contribution in [-0.4, -0.2) is 5.78 Å². The Labute approximate surface area is 143 Å². The summed E-state index contributed by atoms with van der Waals surface area (Å²) >= 11 is 0. The first-order chi connectivity index (χ1) is 11.5. The molecule has 1 aromatic heterocycles. The first-order valence-corrected chi connectivity index (χ1v) is 8.23. The van der Waals surface area contributed by atoms with Crippen LogP contribution in [0.15, 0.2) is 73.1 Å². The fraction of sp³-hybridized carbons (Fsp3) is 0.182. The summed E-state index contributed by atoms with van der Waals surface area (Å²) < 4.78 is 2.00. The van der Waals surface area contributed by atoms with Crippen molar-refractivity contribution in [1.82, 2.24) is 0 Å². The number of aryl methyl sites for hydroxylation is 2. The molecule has 0 N–H and O–H groups in total. The van der Waals surface area contributed by atoms with Gasteiger partial charge in [-0.25, -0.2) is 0 Å². The van der Waals surface area contributed by atoms with Gasteiger partial charge in [0.1, 0.15) is 0 Å². The first-order valence-electron chi connectivity index (χ1n) is 8.23. The maximum atomic E-state index is 12.8. The zero-order chi connectivity index (χ0) is 17.1. The number of pyridine rings is 1. The van der Waals surface area contributed by atoms with Crippen LogP contribution in [0.25, 0.3) is 11.1 Å². The number of carbonyl (C=O) groups is 1. The van der Waals surface area contributed by atoms with Crippen LogP contribution in [0.2, 0.25) is 0 Å². The fourth-order valence-electron chi connectivity index (χ4n) is 3.00. The SMILES string of the molecule is Cc1cc(C)c[n+](C(C)C(=O)c2ccc(-c3ccccc3)cc2)c1. The van der Waals surface area contributed by atoms with Crippen molar-refractivity contribution in [3.63, 3.8) is 0 Å². The quantitative estimate of drug-likeness (QED) is 0.505. The predicted molar refractivity (Wildman–Crippen MR) is 97.0 cm³/mol. The Morgan fingerprint density at radius 1 is 0.833 bits per heavy atom. The van der Waals surface area contributed by atoms with E-state index >= 15 is 0 Å². The molecule has 2 nitrogen and oxygen atoms in total. The van der Waals surface area contributed by atoms with Crippen molar-refractivity contribution in [3.05, 3.63) is 89.7 Å². The Kier molecular flexibility index (Phi) is 4.57. The molecule has 0 fully saturated rings. The van der Waals surface area contributed by atoms with Gasteiger partial charge in [0.2, 0.25) is 11.8 Å². The highest BCUT2D eigenvalue weighted by molar-refractivity contribution is 5.98. The van der Waals surface area contributed by atoms with Gasteiger partial charge >= 0.3 is 0 Å². The van der Waals surface area contributed by atoms with E-state index in [0.29, 0.717) is 0 Å². The lowest BCUT2D eigenvalue weighted by molar-refractivity contribution is -0.705. The minimum Gasteiger partial charge on any atom is -0.287 e. The zero-order valence-corrected chi connectivity index (χ0v) is 14.4. The van der Waals surface area contributed by atoms with Crippen LogP contribution in [0.3, 0.4) is 0 Å². The summed E-state index contributed by atoms with van der Waals surface area (Å²) in [5.74, 6) is 0.129. The molecule has 0 radical (unpaired) electrons. The van der Waals surface area contributed by atoms with Gasteiger partial charge < -0.3 is 0 Å². The monoisotopic (exact) mass is 316 g/mol. The van der Waals surface area contributed by atoms with Gasteiger partial charge in [0.15, 0.2) is 12.4 Å². The summed E-state index contributed by atoms with van der Waals surface area (Å²) in [6.45, 7) is 6.05. The molecular weight excluding hydrogens is 294 g/mol. The van der Waals surface area contributed by atoms with Crippen molar-refractivity contribution in [2.45, 2.75) is 26.8 Å². The van der Waals surface area contributed by atoms with Gasteiger partial charge in [-0.05, 0) is 31.0 Å². The third-order valence-corrected chi connectivity index (χ3v) is 4.26. The summed E-state index contributed by atoms with van der Waals surface area (Å²) in [6, 6.07) is 20.0. The third kappa shape index (κ3) is 3.43. The maximum Gasteiger partial charge on any atom is 0.230 e. The highest BCUT2D eigenvalue weighted by Gasteiger charge is 2.23. The summed E-state index contributed by atoms with van der Waals surface area (Å²) in [6.07, 6.45) is 4.04. The third-order valence-electron chi connectivity index (χ3n) is 4.26. The molecule has 3 aromatic rings. The molecule has 1 heterocycles. The molecule has 0 amide bonds. The average molecular weight is 316 g/mol. The second-order valence-corrected chi connectivity index (χ2v) is 6.32. The van der Waals surface area contributed by atoms with Crippen LogP contribution in [-0.2, 0) is 0 Å². The van der Waals surface area contributed by atoms with Crippen LogP contribution in [0.5, 0.6) is 0 Å². The average Bonchev–Trinajstić information content (AvgIpc) is 2.60. The van der Waals surface area contributed by atoms with Crippen LogP contribution in [0, 0.1) is 13.8 Å².